The zero-order valence-electron chi connectivity index (χ0n) is 18.1. The average molecular weight is 473 g/mol. The van der Waals surface area contributed by atoms with Crippen LogP contribution in [0.25, 0.3) is 27.9 Å². The van der Waals surface area contributed by atoms with E-state index in [1.807, 2.05) is 24.4 Å². The maximum Gasteiger partial charge on any atom is 0.157 e. The van der Waals surface area contributed by atoms with Gasteiger partial charge >= 0.3 is 0 Å². The summed E-state index contributed by atoms with van der Waals surface area (Å²) in [4.78, 5) is 12.2. The summed E-state index contributed by atoms with van der Waals surface area (Å²) in [5.74, 6) is 1.04. The lowest BCUT2D eigenvalue weighted by Gasteiger charge is -2.39. The van der Waals surface area contributed by atoms with E-state index in [0.29, 0.717) is 15.5 Å². The predicted octanol–water partition coefficient (Wildman–Crippen LogP) is 6.68. The number of anilines is 1. The first-order valence-electron chi connectivity index (χ1n) is 11.5. The van der Waals surface area contributed by atoms with Gasteiger partial charge in [-0.1, -0.05) is 59.6 Å². The minimum absolute atomic E-state index is 0.412. The number of fused-ring (bicyclic) bond motifs is 1. The number of imidazole rings is 2. The van der Waals surface area contributed by atoms with Crippen LogP contribution < -0.4 is 4.90 Å². The van der Waals surface area contributed by atoms with E-state index in [2.05, 4.69) is 39.6 Å². The van der Waals surface area contributed by atoms with E-state index in [4.69, 9.17) is 33.2 Å². The minimum atomic E-state index is 0.412. The molecule has 33 heavy (non-hydrogen) atoms. The second-order valence-electron chi connectivity index (χ2n) is 9.55. The van der Waals surface area contributed by atoms with Gasteiger partial charge in [-0.05, 0) is 60.4 Å². The predicted molar refractivity (Wildman–Crippen MR) is 135 cm³/mol. The van der Waals surface area contributed by atoms with E-state index in [1.54, 1.807) is 17.2 Å². The number of aromatic nitrogens is 3. The van der Waals surface area contributed by atoms with Crippen molar-refractivity contribution in [2.24, 2.45) is 5.41 Å². The van der Waals surface area contributed by atoms with Crippen LogP contribution in [0.5, 0.6) is 0 Å². The zero-order chi connectivity index (χ0) is 22.2. The fourth-order valence-corrected chi connectivity index (χ4v) is 6.37. The Morgan fingerprint density at radius 2 is 1.58 bits per heavy atom. The lowest BCUT2D eigenvalue weighted by molar-refractivity contribution is 0.232. The summed E-state index contributed by atoms with van der Waals surface area (Å²) in [7, 11) is 0. The molecule has 5 aromatic rings. The molecule has 1 aliphatic carbocycles. The number of hydrogen-bond acceptors (Lipinski definition) is 3. The molecule has 1 aliphatic heterocycles. The van der Waals surface area contributed by atoms with Crippen molar-refractivity contribution in [3.8, 4) is 11.1 Å². The molecule has 0 radical (unpaired) electrons. The number of piperidine rings is 1. The van der Waals surface area contributed by atoms with E-state index in [0.717, 1.165) is 46.8 Å². The smallest absolute Gasteiger partial charge is 0.157 e. The van der Waals surface area contributed by atoms with Crippen molar-refractivity contribution in [3.05, 3.63) is 82.0 Å². The number of halogens is 2. The number of hydrogen-bond donors (Lipinski definition) is 0. The van der Waals surface area contributed by atoms with E-state index in [-0.39, 0.29) is 0 Å². The molecular formula is C27H22Cl2N4. The molecular weight excluding hydrogens is 451 g/mol. The van der Waals surface area contributed by atoms with Crippen LogP contribution in [0.4, 0.5) is 5.82 Å². The van der Waals surface area contributed by atoms with Crippen LogP contribution in [0, 0.1) is 5.41 Å². The van der Waals surface area contributed by atoms with Gasteiger partial charge in [0.1, 0.15) is 16.8 Å². The number of nitrogens with zero attached hydrogens (tertiary/aromatic N) is 4. The quantitative estimate of drug-likeness (QED) is 0.287. The number of benzene rings is 2. The van der Waals surface area contributed by atoms with Gasteiger partial charge in [0.2, 0.25) is 0 Å². The molecule has 0 amide bonds. The molecule has 3 aromatic heterocycles. The first-order chi connectivity index (χ1) is 16.1. The van der Waals surface area contributed by atoms with Crippen molar-refractivity contribution in [1.29, 1.82) is 0 Å². The lowest BCUT2D eigenvalue weighted by Crippen LogP contribution is -2.40. The summed E-state index contributed by atoms with van der Waals surface area (Å²) in [6.07, 6.45) is 6.77. The molecule has 4 heterocycles. The van der Waals surface area contributed by atoms with Gasteiger partial charge in [-0.3, -0.25) is 4.40 Å². The van der Waals surface area contributed by atoms with Crippen LogP contribution in [0.2, 0.25) is 10.0 Å². The van der Waals surface area contributed by atoms with Gasteiger partial charge < -0.3 is 4.90 Å². The lowest BCUT2D eigenvalue weighted by atomic mass is 9.76. The molecule has 0 bridgehead atoms. The molecule has 2 aromatic carbocycles. The normalized spacial score (nSPS) is 17.5. The highest BCUT2D eigenvalue weighted by Crippen LogP contribution is 2.46. The highest BCUT2D eigenvalue weighted by atomic mass is 35.5. The third-order valence-corrected chi connectivity index (χ3v) is 8.51. The van der Waals surface area contributed by atoms with Crippen LogP contribution in [-0.4, -0.2) is 27.5 Å². The fraction of sp³-hybridized carbons (Fsp3) is 0.259. The Bertz CT molecular complexity index is 1490. The Balaban J connectivity index is 1.22. The highest BCUT2D eigenvalue weighted by Gasteiger charge is 2.40. The summed E-state index contributed by atoms with van der Waals surface area (Å²) in [5, 5.41) is 1.10. The second kappa shape index (κ2) is 7.09. The van der Waals surface area contributed by atoms with Gasteiger partial charge in [-0.2, -0.15) is 0 Å². The van der Waals surface area contributed by atoms with Gasteiger partial charge in [0, 0.05) is 24.2 Å². The average Bonchev–Trinajstić information content (AvgIpc) is 3.52. The fourth-order valence-electron chi connectivity index (χ4n) is 5.97. The van der Waals surface area contributed by atoms with Gasteiger partial charge in [0.25, 0.3) is 0 Å². The Hall–Kier alpha value is -2.82. The molecule has 2 aliphatic rings. The zero-order valence-corrected chi connectivity index (χ0v) is 19.6. The van der Waals surface area contributed by atoms with Crippen LogP contribution in [-0.2, 0) is 12.8 Å². The molecule has 0 atom stereocenters. The summed E-state index contributed by atoms with van der Waals surface area (Å²) >= 11 is 12.8. The van der Waals surface area contributed by atoms with Crippen LogP contribution in [0.15, 0.2) is 60.8 Å². The van der Waals surface area contributed by atoms with Gasteiger partial charge in [0.15, 0.2) is 5.82 Å². The summed E-state index contributed by atoms with van der Waals surface area (Å²) < 4.78 is 2.15. The monoisotopic (exact) mass is 472 g/mol. The third kappa shape index (κ3) is 2.90. The Morgan fingerprint density at radius 3 is 2.33 bits per heavy atom. The maximum atomic E-state index is 6.53. The number of pyridine rings is 1. The summed E-state index contributed by atoms with van der Waals surface area (Å²) in [6, 6.07) is 18.8. The molecule has 4 nitrogen and oxygen atoms in total. The van der Waals surface area contributed by atoms with Gasteiger partial charge in [0.05, 0.1) is 16.2 Å². The van der Waals surface area contributed by atoms with Crippen LogP contribution in [0.1, 0.15) is 24.0 Å². The molecule has 6 heteroatoms. The van der Waals surface area contributed by atoms with Crippen molar-refractivity contribution in [2.75, 3.05) is 18.0 Å². The molecule has 0 N–H and O–H groups in total. The van der Waals surface area contributed by atoms with Crippen molar-refractivity contribution < 1.29 is 0 Å². The van der Waals surface area contributed by atoms with Crippen LogP contribution >= 0.6 is 23.2 Å². The highest BCUT2D eigenvalue weighted by molar-refractivity contribution is 6.43. The SMILES string of the molecule is Clc1cccc(-c2ccc3nc(N4CCC5(CC4)Cc4ccccc4C5)c4cnc2n34)c1Cl. The number of rotatable bonds is 2. The van der Waals surface area contributed by atoms with Gasteiger partial charge in [-0.15, -0.1) is 0 Å². The first kappa shape index (κ1) is 19.6. The summed E-state index contributed by atoms with van der Waals surface area (Å²) in [5.41, 5.74) is 8.20. The molecule has 0 unspecified atom stereocenters. The van der Waals surface area contributed by atoms with E-state index in [9.17, 15) is 0 Å². The van der Waals surface area contributed by atoms with E-state index in [1.165, 1.54) is 25.7 Å². The Morgan fingerprint density at radius 1 is 0.818 bits per heavy atom. The summed E-state index contributed by atoms with van der Waals surface area (Å²) in [6.45, 7) is 2.06. The minimum Gasteiger partial charge on any atom is -0.355 e. The second-order valence-corrected chi connectivity index (χ2v) is 10.3. The molecule has 7 rings (SSSR count). The van der Waals surface area contributed by atoms with Crippen molar-refractivity contribution in [2.45, 2.75) is 25.7 Å². The standard InChI is InChI=1S/C27H22Cl2N4/c28-21-7-3-6-19(24(21)29)20-8-9-23-31-26(22-16-30-25(20)33(22)23)32-12-10-27(11-13-32)14-17-4-1-2-5-18(17)15-27/h1-9,16H,10-15H2. The topological polar surface area (TPSA) is 33.4 Å². The maximum absolute atomic E-state index is 6.53. The van der Waals surface area contributed by atoms with Gasteiger partial charge in [-0.25, -0.2) is 9.97 Å². The molecule has 1 fully saturated rings. The van der Waals surface area contributed by atoms with Crippen molar-refractivity contribution in [1.82, 2.24) is 14.4 Å². The van der Waals surface area contributed by atoms with Crippen molar-refractivity contribution in [3.63, 3.8) is 0 Å². The first-order valence-corrected chi connectivity index (χ1v) is 12.2. The van der Waals surface area contributed by atoms with E-state index >= 15 is 0 Å². The third-order valence-electron chi connectivity index (χ3n) is 7.70. The van der Waals surface area contributed by atoms with E-state index < -0.39 is 0 Å². The largest absolute Gasteiger partial charge is 0.355 e. The Labute approximate surface area is 202 Å². The van der Waals surface area contributed by atoms with Crippen molar-refractivity contribution >= 4 is 45.8 Å². The molecule has 1 spiro atoms. The molecule has 164 valence electrons. The Kier molecular flexibility index (Phi) is 4.22. The molecule has 1 saturated heterocycles. The van der Waals surface area contributed by atoms with Crippen LogP contribution in [0.3, 0.4) is 0 Å². The molecule has 0 saturated carbocycles.